The van der Waals surface area contributed by atoms with Gasteiger partial charge in [0.2, 0.25) is 11.8 Å². The van der Waals surface area contributed by atoms with Gasteiger partial charge in [0.15, 0.2) is 12.6 Å². The number of carboxylic acid groups (broad SMARTS) is 1. The van der Waals surface area contributed by atoms with Gasteiger partial charge in [-0.05, 0) is 44.9 Å². The van der Waals surface area contributed by atoms with Crippen LogP contribution in [0.3, 0.4) is 0 Å². The van der Waals surface area contributed by atoms with Crippen LogP contribution in [0.25, 0.3) is 0 Å². The lowest BCUT2D eigenvalue weighted by Crippen LogP contribution is -2.70. The van der Waals surface area contributed by atoms with Crippen molar-refractivity contribution in [2.75, 3.05) is 26.4 Å². The minimum absolute atomic E-state index is 0.179. The number of amides is 2. The number of carboxylic acids is 1. The number of nitrogens with one attached hydrogen (secondary N) is 2. The van der Waals surface area contributed by atoms with Gasteiger partial charge in [0.25, 0.3) is 5.79 Å². The fraction of sp³-hybridized carbons (Fsp3) is 0.870. The maximum absolute atomic E-state index is 13.3. The van der Waals surface area contributed by atoms with Gasteiger partial charge in [-0.25, -0.2) is 4.79 Å². The van der Waals surface area contributed by atoms with Crippen LogP contribution < -0.4 is 10.6 Å². The molecule has 14 N–H and O–H groups in total. The van der Waals surface area contributed by atoms with Gasteiger partial charge in [0, 0.05) is 19.8 Å². The highest BCUT2D eigenvalue weighted by Crippen LogP contribution is 2.38. The molecule has 18 atom stereocenters. The molecule has 0 spiro atoms. The van der Waals surface area contributed by atoms with Crippen LogP contribution in [0, 0.1) is 0 Å². The molecule has 77 heavy (non-hydrogen) atoms. The smallest absolute Gasteiger partial charge is 0.364 e. The zero-order valence-corrected chi connectivity index (χ0v) is 45.5. The zero-order valence-electron chi connectivity index (χ0n) is 45.5. The van der Waals surface area contributed by atoms with Crippen LogP contribution in [0.5, 0.6) is 0 Å². The Kier molecular flexibility index (Phi) is 33.1. The predicted octanol–water partition coefficient (Wildman–Crippen LogP) is 0.991. The molecule has 3 aliphatic heterocycles. The number of allylic oxidation sites excluding steroid dienone is 3. The summed E-state index contributed by atoms with van der Waals surface area (Å²) in [6.07, 6.45) is -0.0313. The fourth-order valence-corrected chi connectivity index (χ4v) is 9.76. The number of hydrogen-bond donors (Lipinski definition) is 14. The van der Waals surface area contributed by atoms with Gasteiger partial charge in [-0.15, -0.1) is 0 Å². The molecule has 0 aromatic rings. The summed E-state index contributed by atoms with van der Waals surface area (Å²) in [7, 11) is 0. The summed E-state index contributed by atoms with van der Waals surface area (Å²) in [5, 5.41) is 135. The minimum Gasteiger partial charge on any atom is -0.477 e. The Labute approximate surface area is 453 Å². The van der Waals surface area contributed by atoms with Gasteiger partial charge in [0.05, 0.1) is 50.7 Å². The summed E-state index contributed by atoms with van der Waals surface area (Å²) in [5.74, 6) is -6.17. The standard InChI is InChI=1S/C54H96N2O21/c1-4-6-8-10-12-14-16-17-18-20-22-24-26-28-41(64)56-35(36(61)27-25-23-21-19-15-13-11-9-7-5-2)33-72-51-46(68)45(67)48(40(32-59)74-51)75-52-47(69)50(44(66)39(31-58)73-52)77-54(53(70)71)29-37(62)42(55-34(3)60)49(76-54)43(65)38(63)30-57/h17-18,25,27,35-40,42-52,57-59,61-63,65-69H,4-16,19-24,26,28-33H2,1-3H3,(H,55,60)(H,56,64)(H,70,71)/b18-17-,27-25+. The van der Waals surface area contributed by atoms with Crippen molar-refractivity contribution in [1.29, 1.82) is 0 Å². The number of rotatable bonds is 39. The first-order valence-electron chi connectivity index (χ1n) is 28.2. The van der Waals surface area contributed by atoms with E-state index >= 15 is 0 Å². The van der Waals surface area contributed by atoms with Gasteiger partial charge in [0.1, 0.15) is 67.1 Å². The molecule has 3 saturated heterocycles. The SMILES string of the molecule is CCCCCCCC/C=C\CCCCCC(=O)NC(COC1OC(CO)C(OC2OC(CO)C(O)C(OC3(C(=O)O)CC(O)C(NC(C)=O)C(C(O)C(O)CO)O3)C2O)C(O)C1O)C(O)/C=C/CCCCCCCCCC. The normalized spacial score (nSPS) is 31.5. The van der Waals surface area contributed by atoms with Crippen LogP contribution in [0.15, 0.2) is 24.3 Å². The molecule has 0 aromatic heterocycles. The second kappa shape index (κ2) is 37.3. The number of aliphatic carboxylic acids is 1. The monoisotopic (exact) mass is 1110 g/mol. The molecule has 3 fully saturated rings. The first kappa shape index (κ1) is 68.5. The molecule has 0 aromatic carbocycles. The van der Waals surface area contributed by atoms with Crippen molar-refractivity contribution in [2.45, 2.75) is 272 Å². The van der Waals surface area contributed by atoms with Crippen molar-refractivity contribution in [2.24, 2.45) is 0 Å². The lowest BCUT2D eigenvalue weighted by molar-refractivity contribution is -0.386. The van der Waals surface area contributed by atoms with Gasteiger partial charge in [-0.1, -0.05) is 122 Å². The number of carbonyl (C=O) groups excluding carboxylic acids is 2. The molecule has 3 heterocycles. The third-order valence-corrected chi connectivity index (χ3v) is 14.4. The van der Waals surface area contributed by atoms with E-state index in [9.17, 15) is 75.7 Å². The molecule has 2 amide bonds. The van der Waals surface area contributed by atoms with Crippen molar-refractivity contribution in [3.63, 3.8) is 0 Å². The Bertz CT molecular complexity index is 1700. The summed E-state index contributed by atoms with van der Waals surface area (Å²) in [6.45, 7) is 2.02. The molecule has 18 unspecified atom stereocenters. The van der Waals surface area contributed by atoms with Crippen LogP contribution in [-0.4, -0.2) is 215 Å². The average molecular weight is 1110 g/mol. The number of unbranched alkanes of at least 4 members (excludes halogenated alkanes) is 17. The molecule has 0 bridgehead atoms. The molecule has 23 heteroatoms. The van der Waals surface area contributed by atoms with Crippen molar-refractivity contribution >= 4 is 17.8 Å². The predicted molar refractivity (Wildman–Crippen MR) is 278 cm³/mol. The van der Waals surface area contributed by atoms with E-state index in [4.69, 9.17) is 28.4 Å². The van der Waals surface area contributed by atoms with Crippen LogP contribution >= 0.6 is 0 Å². The van der Waals surface area contributed by atoms with Crippen LogP contribution in [-0.2, 0) is 42.8 Å². The molecule has 0 aliphatic carbocycles. The molecule has 448 valence electrons. The van der Waals surface area contributed by atoms with Gasteiger partial charge < -0.3 is 100 Å². The molecule has 3 aliphatic rings. The van der Waals surface area contributed by atoms with E-state index in [-0.39, 0.29) is 12.3 Å². The lowest BCUT2D eigenvalue weighted by Gasteiger charge is -2.50. The van der Waals surface area contributed by atoms with E-state index in [1.807, 2.05) is 6.08 Å². The van der Waals surface area contributed by atoms with Crippen molar-refractivity contribution in [3.05, 3.63) is 24.3 Å². The van der Waals surface area contributed by atoms with E-state index in [1.54, 1.807) is 6.08 Å². The van der Waals surface area contributed by atoms with Crippen LogP contribution in [0.1, 0.15) is 162 Å². The van der Waals surface area contributed by atoms with E-state index in [1.165, 1.54) is 64.2 Å². The fourth-order valence-electron chi connectivity index (χ4n) is 9.76. The van der Waals surface area contributed by atoms with Crippen molar-refractivity contribution in [1.82, 2.24) is 10.6 Å². The molecule has 3 rings (SSSR count). The summed E-state index contributed by atoms with van der Waals surface area (Å²) >= 11 is 0. The summed E-state index contributed by atoms with van der Waals surface area (Å²) in [6, 6.07) is -2.62. The molecular weight excluding hydrogens is 1010 g/mol. The summed E-state index contributed by atoms with van der Waals surface area (Å²) in [4.78, 5) is 38.2. The Morgan fingerprint density at radius 2 is 1.22 bits per heavy atom. The van der Waals surface area contributed by atoms with E-state index in [0.717, 1.165) is 58.3 Å². The maximum Gasteiger partial charge on any atom is 0.364 e. The number of aliphatic hydroxyl groups excluding tert-OH is 11. The Morgan fingerprint density at radius 1 is 0.675 bits per heavy atom. The van der Waals surface area contributed by atoms with Crippen molar-refractivity contribution < 1.29 is 104 Å². The average Bonchev–Trinajstić information content (AvgIpc) is 3.40. The number of hydrogen-bond acceptors (Lipinski definition) is 20. The Morgan fingerprint density at radius 3 is 1.77 bits per heavy atom. The Balaban J connectivity index is 1.71. The number of aliphatic hydroxyl groups is 11. The third-order valence-electron chi connectivity index (χ3n) is 14.4. The summed E-state index contributed by atoms with van der Waals surface area (Å²) < 4.78 is 34.5. The number of ether oxygens (including phenoxy) is 6. The topological polar surface area (TPSA) is 373 Å². The van der Waals surface area contributed by atoms with E-state index in [0.29, 0.717) is 12.8 Å². The van der Waals surface area contributed by atoms with E-state index in [2.05, 4.69) is 36.6 Å². The first-order valence-corrected chi connectivity index (χ1v) is 28.2. The number of carbonyl (C=O) groups is 3. The Hall–Kier alpha value is -2.79. The highest BCUT2D eigenvalue weighted by molar-refractivity contribution is 5.77. The van der Waals surface area contributed by atoms with Crippen LogP contribution in [0.2, 0.25) is 0 Å². The maximum atomic E-state index is 13.3. The first-order chi connectivity index (χ1) is 36.9. The third kappa shape index (κ3) is 22.6. The molecular formula is C54H96N2O21. The molecule has 0 radical (unpaired) electrons. The largest absolute Gasteiger partial charge is 0.477 e. The summed E-state index contributed by atoms with van der Waals surface area (Å²) in [5.41, 5.74) is 0. The second-order valence-electron chi connectivity index (χ2n) is 20.8. The van der Waals surface area contributed by atoms with Gasteiger partial charge in [-0.3, -0.25) is 9.59 Å². The van der Waals surface area contributed by atoms with Crippen molar-refractivity contribution in [3.8, 4) is 0 Å². The molecule has 23 nitrogen and oxygen atoms in total. The quantitative estimate of drug-likeness (QED) is 0.0301. The second-order valence-corrected chi connectivity index (χ2v) is 20.8. The highest BCUT2D eigenvalue weighted by Gasteiger charge is 2.60. The zero-order chi connectivity index (χ0) is 56.9. The lowest BCUT2D eigenvalue weighted by atomic mass is 9.88. The van der Waals surface area contributed by atoms with Gasteiger partial charge in [-0.2, -0.15) is 0 Å². The van der Waals surface area contributed by atoms with Gasteiger partial charge >= 0.3 is 5.97 Å². The molecule has 0 saturated carbocycles. The van der Waals surface area contributed by atoms with Crippen LogP contribution in [0.4, 0.5) is 0 Å². The van der Waals surface area contributed by atoms with E-state index < -0.39 is 155 Å². The minimum atomic E-state index is -3.08. The highest BCUT2D eigenvalue weighted by atomic mass is 16.8.